The van der Waals surface area contributed by atoms with E-state index in [1.807, 2.05) is 0 Å². The van der Waals surface area contributed by atoms with Crippen molar-refractivity contribution in [3.63, 3.8) is 0 Å². The molecule has 1 aromatic carbocycles. The topological polar surface area (TPSA) is 72.8 Å². The molecule has 2 heterocycles. The van der Waals surface area contributed by atoms with E-state index in [-0.39, 0.29) is 5.03 Å². The summed E-state index contributed by atoms with van der Waals surface area (Å²) in [7, 11) is -3.59. The monoisotopic (exact) mass is 431 g/mol. The number of halogens is 1. The molecule has 0 atom stereocenters. The van der Waals surface area contributed by atoms with Crippen LogP contribution in [0.2, 0.25) is 0 Å². The first-order valence-corrected chi connectivity index (χ1v) is 10.3. The molecule has 2 radical (unpaired) electrons. The van der Waals surface area contributed by atoms with Crippen molar-refractivity contribution in [1.82, 2.24) is 15.0 Å². The van der Waals surface area contributed by atoms with Crippen molar-refractivity contribution in [3.8, 4) is 22.4 Å². The van der Waals surface area contributed by atoms with Crippen molar-refractivity contribution in [2.24, 2.45) is 0 Å². The Morgan fingerprint density at radius 2 is 1.81 bits per heavy atom. The van der Waals surface area contributed by atoms with Crippen LogP contribution in [0.15, 0.2) is 53.9 Å². The Morgan fingerprint density at radius 3 is 2.42 bits per heavy atom. The molecule has 0 amide bonds. The molecule has 8 heteroatoms. The molecule has 0 saturated heterocycles. The van der Waals surface area contributed by atoms with Gasteiger partial charge < -0.3 is 0 Å². The van der Waals surface area contributed by atoms with E-state index in [0.29, 0.717) is 26.9 Å². The third kappa shape index (κ3) is 3.55. The van der Waals surface area contributed by atoms with Gasteiger partial charge in [-0.15, -0.1) is 0 Å². The van der Waals surface area contributed by atoms with Crippen LogP contribution in [0.3, 0.4) is 0 Å². The van der Waals surface area contributed by atoms with E-state index >= 15 is 0 Å². The van der Waals surface area contributed by atoms with Gasteiger partial charge in [0.2, 0.25) is 0 Å². The third-order valence-electron chi connectivity index (χ3n) is 3.86. The van der Waals surface area contributed by atoms with Gasteiger partial charge in [-0.2, -0.15) is 0 Å². The first-order chi connectivity index (χ1) is 12.3. The maximum absolute atomic E-state index is 14.7. The number of aromatic nitrogens is 3. The first-order valence-electron chi connectivity index (χ1n) is 7.81. The van der Waals surface area contributed by atoms with Crippen molar-refractivity contribution in [1.29, 1.82) is 0 Å². The molecule has 2 aromatic heterocycles. The van der Waals surface area contributed by atoms with Crippen LogP contribution in [0.5, 0.6) is 0 Å². The molecule has 0 aliphatic heterocycles. The van der Waals surface area contributed by atoms with Crippen molar-refractivity contribution in [3.05, 3.63) is 54.7 Å². The van der Waals surface area contributed by atoms with Crippen molar-refractivity contribution < 1.29 is 12.8 Å². The average molecular weight is 431 g/mol. The van der Waals surface area contributed by atoms with Gasteiger partial charge in [0.05, 0.1) is 0 Å². The standard InChI is InChI=1S/C18H15AsFN3O2S/c1-11(2)26(24,25)18-13(4-3-7-21-18)12-5-6-14(15(20)8-12)16-9-23-17(19)10-22-16/h3-11H,1-2H3. The molecule has 3 aromatic rings. The first kappa shape index (κ1) is 18.7. The fourth-order valence-electron chi connectivity index (χ4n) is 2.41. The summed E-state index contributed by atoms with van der Waals surface area (Å²) in [6, 6.07) is 7.78. The summed E-state index contributed by atoms with van der Waals surface area (Å²) in [5, 5.41) is -0.670. The van der Waals surface area contributed by atoms with Crippen LogP contribution in [0.25, 0.3) is 22.4 Å². The summed E-state index contributed by atoms with van der Waals surface area (Å²) in [6.07, 6.45) is 4.45. The molecule has 0 aliphatic rings. The summed E-state index contributed by atoms with van der Waals surface area (Å²) in [5.74, 6) is -0.508. The van der Waals surface area contributed by atoms with Crippen LogP contribution in [0, 0.1) is 5.82 Å². The Bertz CT molecular complexity index is 1050. The van der Waals surface area contributed by atoms with Gasteiger partial charge >= 0.3 is 146 Å². The number of hydrogen-bond donors (Lipinski definition) is 0. The number of pyridine rings is 1. The fraction of sp³-hybridized carbons (Fsp3) is 0.167. The second-order valence-electron chi connectivity index (χ2n) is 5.90. The molecule has 0 unspecified atom stereocenters. The Kier molecular flexibility index (Phi) is 5.21. The second kappa shape index (κ2) is 7.25. The van der Waals surface area contributed by atoms with E-state index in [2.05, 4.69) is 31.8 Å². The molecular formula is C18H15AsFN3O2S. The summed E-state index contributed by atoms with van der Waals surface area (Å²) in [4.78, 5) is 12.3. The molecule has 26 heavy (non-hydrogen) atoms. The van der Waals surface area contributed by atoms with Gasteiger partial charge in [-0.3, -0.25) is 0 Å². The molecular weight excluding hydrogens is 416 g/mol. The van der Waals surface area contributed by atoms with Gasteiger partial charge in [-0.25, -0.2) is 0 Å². The zero-order valence-corrected chi connectivity index (χ0v) is 16.8. The van der Waals surface area contributed by atoms with E-state index < -0.39 is 20.9 Å². The molecule has 0 N–H and O–H groups in total. The quantitative estimate of drug-likeness (QED) is 0.593. The molecule has 5 nitrogen and oxygen atoms in total. The van der Waals surface area contributed by atoms with Gasteiger partial charge in [-0.1, -0.05) is 0 Å². The molecule has 132 valence electrons. The van der Waals surface area contributed by atoms with Gasteiger partial charge in [-0.05, 0) is 13.8 Å². The number of hydrogen-bond acceptors (Lipinski definition) is 5. The van der Waals surface area contributed by atoms with E-state index in [9.17, 15) is 12.8 Å². The number of sulfone groups is 1. The molecule has 3 rings (SSSR count). The minimum absolute atomic E-state index is 0.0463. The van der Waals surface area contributed by atoms with Crippen LogP contribution >= 0.6 is 0 Å². The molecule has 0 spiro atoms. The SMILES string of the molecule is CC(C)S(=O)(=O)c1ncccc1-c1ccc(-c2cnc([As])cn2)c(F)c1. The third-order valence-corrected chi connectivity index (χ3v) is 6.45. The Labute approximate surface area is 160 Å². The number of nitrogens with zero attached hydrogens (tertiary/aromatic N) is 3. The number of benzene rings is 1. The van der Waals surface area contributed by atoms with Gasteiger partial charge in [0.25, 0.3) is 0 Å². The van der Waals surface area contributed by atoms with E-state index in [0.717, 1.165) is 0 Å². The predicted molar refractivity (Wildman–Crippen MR) is 98.4 cm³/mol. The molecule has 0 aliphatic carbocycles. The van der Waals surface area contributed by atoms with Crippen LogP contribution in [0.1, 0.15) is 13.8 Å². The Morgan fingerprint density at radius 1 is 1.04 bits per heavy atom. The number of rotatable bonds is 4. The van der Waals surface area contributed by atoms with Crippen molar-refractivity contribution >= 4 is 31.2 Å². The maximum atomic E-state index is 14.7. The Hall–Kier alpha value is -2.11. The van der Waals surface area contributed by atoms with Crippen LogP contribution in [-0.4, -0.2) is 45.5 Å². The molecule has 0 saturated carbocycles. The molecule has 0 fully saturated rings. The second-order valence-corrected chi connectivity index (χ2v) is 9.29. The summed E-state index contributed by atoms with van der Waals surface area (Å²) in [5.41, 5.74) is 1.52. The van der Waals surface area contributed by atoms with E-state index in [4.69, 9.17) is 0 Å². The zero-order valence-electron chi connectivity index (χ0n) is 14.1. The van der Waals surface area contributed by atoms with Crippen molar-refractivity contribution in [2.45, 2.75) is 24.1 Å². The summed E-state index contributed by atoms with van der Waals surface area (Å²) >= 11 is 2.26. The van der Waals surface area contributed by atoms with Crippen LogP contribution in [-0.2, 0) is 9.84 Å². The average Bonchev–Trinajstić information content (AvgIpc) is 2.62. The van der Waals surface area contributed by atoms with Crippen LogP contribution < -0.4 is 4.48 Å². The van der Waals surface area contributed by atoms with Gasteiger partial charge in [0, 0.05) is 0 Å². The fourth-order valence-corrected chi connectivity index (χ4v) is 3.80. The Balaban J connectivity index is 2.10. The minimum atomic E-state index is -3.59. The van der Waals surface area contributed by atoms with Crippen LogP contribution in [0.4, 0.5) is 4.39 Å². The summed E-state index contributed by atoms with van der Waals surface area (Å²) in [6.45, 7) is 3.18. The summed E-state index contributed by atoms with van der Waals surface area (Å²) < 4.78 is 40.5. The zero-order chi connectivity index (χ0) is 18.9. The van der Waals surface area contributed by atoms with Gasteiger partial charge in [0.15, 0.2) is 0 Å². The van der Waals surface area contributed by atoms with Crippen molar-refractivity contribution in [2.75, 3.05) is 0 Å². The molecule has 0 bridgehead atoms. The van der Waals surface area contributed by atoms with E-state index in [1.54, 1.807) is 38.1 Å². The predicted octanol–water partition coefficient (Wildman–Crippen LogP) is 2.32. The van der Waals surface area contributed by atoms with Gasteiger partial charge in [0.1, 0.15) is 0 Å². The van der Waals surface area contributed by atoms with E-state index in [1.165, 1.54) is 24.7 Å². The normalized spacial score (nSPS) is 11.7.